The van der Waals surface area contributed by atoms with Crippen molar-refractivity contribution in [1.82, 2.24) is 10.2 Å². The second kappa shape index (κ2) is 9.00. The Hall–Kier alpha value is -3.32. The Morgan fingerprint density at radius 1 is 1.13 bits per heavy atom. The molecule has 2 aromatic rings. The van der Waals surface area contributed by atoms with Crippen LogP contribution in [0.4, 0.5) is 0 Å². The molecule has 2 aromatic carbocycles. The van der Waals surface area contributed by atoms with Crippen molar-refractivity contribution < 1.29 is 24.2 Å². The summed E-state index contributed by atoms with van der Waals surface area (Å²) in [7, 11) is 1.54. The van der Waals surface area contributed by atoms with Gasteiger partial charge in [0.1, 0.15) is 11.5 Å². The fourth-order valence-electron chi connectivity index (χ4n) is 3.36. The molecule has 0 radical (unpaired) electrons. The highest BCUT2D eigenvalue weighted by Gasteiger charge is 2.45. The SMILES string of the molecule is COc1ccc([C@H]2C(=C(O)c3ccc(Cl)cc3)C(=O)C(=O)N2CCNC(C)=O)cc1. The number of benzene rings is 2. The first-order valence-corrected chi connectivity index (χ1v) is 9.64. The number of aliphatic hydroxyl groups excluding tert-OH is 1. The molecule has 30 heavy (non-hydrogen) atoms. The molecule has 1 saturated heterocycles. The van der Waals surface area contributed by atoms with Crippen LogP contribution in [0.5, 0.6) is 5.75 Å². The molecule has 3 rings (SSSR count). The largest absolute Gasteiger partial charge is 0.507 e. The highest BCUT2D eigenvalue weighted by atomic mass is 35.5. The molecule has 1 aliphatic rings. The van der Waals surface area contributed by atoms with Crippen LogP contribution in [0.15, 0.2) is 54.1 Å². The van der Waals surface area contributed by atoms with E-state index in [1.807, 2.05) is 0 Å². The Morgan fingerprint density at radius 2 is 1.77 bits per heavy atom. The van der Waals surface area contributed by atoms with E-state index in [4.69, 9.17) is 16.3 Å². The predicted molar refractivity (Wildman–Crippen MR) is 112 cm³/mol. The summed E-state index contributed by atoms with van der Waals surface area (Å²) in [6.07, 6.45) is 0. The van der Waals surface area contributed by atoms with Crippen LogP contribution in [-0.4, -0.2) is 47.8 Å². The minimum absolute atomic E-state index is 0.0182. The third kappa shape index (κ3) is 4.31. The van der Waals surface area contributed by atoms with E-state index >= 15 is 0 Å². The fraction of sp³-hybridized carbons (Fsp3) is 0.227. The van der Waals surface area contributed by atoms with Gasteiger partial charge in [-0.2, -0.15) is 0 Å². The van der Waals surface area contributed by atoms with Gasteiger partial charge < -0.3 is 20.1 Å². The third-order valence-electron chi connectivity index (χ3n) is 4.82. The van der Waals surface area contributed by atoms with Gasteiger partial charge in [0.2, 0.25) is 5.91 Å². The van der Waals surface area contributed by atoms with Crippen molar-refractivity contribution in [2.75, 3.05) is 20.2 Å². The molecule has 2 amide bonds. The Bertz CT molecular complexity index is 999. The van der Waals surface area contributed by atoms with E-state index in [1.165, 1.54) is 18.9 Å². The first-order valence-electron chi connectivity index (χ1n) is 9.26. The van der Waals surface area contributed by atoms with Crippen molar-refractivity contribution in [3.05, 3.63) is 70.3 Å². The average molecular weight is 429 g/mol. The number of carbonyl (C=O) groups excluding carboxylic acids is 3. The lowest BCUT2D eigenvalue weighted by atomic mass is 9.95. The number of aliphatic hydroxyl groups is 1. The lowest BCUT2D eigenvalue weighted by Gasteiger charge is -2.25. The van der Waals surface area contributed by atoms with E-state index < -0.39 is 17.7 Å². The average Bonchev–Trinajstić information content (AvgIpc) is 2.98. The summed E-state index contributed by atoms with van der Waals surface area (Å²) >= 11 is 5.91. The molecule has 0 aromatic heterocycles. The van der Waals surface area contributed by atoms with Crippen molar-refractivity contribution in [1.29, 1.82) is 0 Å². The van der Waals surface area contributed by atoms with Crippen LogP contribution >= 0.6 is 11.6 Å². The van der Waals surface area contributed by atoms with Gasteiger partial charge in [-0.15, -0.1) is 0 Å². The molecule has 0 spiro atoms. The quantitative estimate of drug-likeness (QED) is 0.419. The van der Waals surface area contributed by atoms with Gasteiger partial charge in [0.05, 0.1) is 18.7 Å². The first kappa shape index (κ1) is 21.4. The summed E-state index contributed by atoms with van der Waals surface area (Å²) in [5.41, 5.74) is 0.987. The monoisotopic (exact) mass is 428 g/mol. The first-order chi connectivity index (χ1) is 14.3. The highest BCUT2D eigenvalue weighted by Crippen LogP contribution is 2.39. The third-order valence-corrected chi connectivity index (χ3v) is 5.07. The number of hydrogen-bond acceptors (Lipinski definition) is 5. The van der Waals surface area contributed by atoms with Gasteiger partial charge in [0.25, 0.3) is 11.7 Å². The summed E-state index contributed by atoms with van der Waals surface area (Å²) in [4.78, 5) is 38.2. The van der Waals surface area contributed by atoms with Crippen molar-refractivity contribution in [3.8, 4) is 5.75 Å². The number of rotatable bonds is 6. The van der Waals surface area contributed by atoms with E-state index in [2.05, 4.69) is 5.32 Å². The Labute approximate surface area is 178 Å². The summed E-state index contributed by atoms with van der Waals surface area (Å²) in [6, 6.07) is 12.4. The predicted octanol–water partition coefficient (Wildman–Crippen LogP) is 2.91. The van der Waals surface area contributed by atoms with Crippen LogP contribution in [0.25, 0.3) is 5.76 Å². The van der Waals surface area contributed by atoms with Crippen LogP contribution < -0.4 is 10.1 Å². The molecule has 2 N–H and O–H groups in total. The lowest BCUT2D eigenvalue weighted by molar-refractivity contribution is -0.139. The molecule has 1 aliphatic heterocycles. The second-order valence-corrected chi connectivity index (χ2v) is 7.19. The van der Waals surface area contributed by atoms with E-state index in [0.717, 1.165) is 0 Å². The molecule has 7 nitrogen and oxygen atoms in total. The van der Waals surface area contributed by atoms with Gasteiger partial charge in [-0.1, -0.05) is 23.7 Å². The summed E-state index contributed by atoms with van der Waals surface area (Å²) in [6.45, 7) is 1.66. The molecule has 0 unspecified atom stereocenters. The van der Waals surface area contributed by atoms with Crippen molar-refractivity contribution in [2.45, 2.75) is 13.0 Å². The maximum atomic E-state index is 12.9. The maximum absolute atomic E-state index is 12.9. The van der Waals surface area contributed by atoms with E-state index in [1.54, 1.807) is 48.5 Å². The Kier molecular flexibility index (Phi) is 6.42. The molecule has 0 aliphatic carbocycles. The zero-order valence-electron chi connectivity index (χ0n) is 16.5. The smallest absolute Gasteiger partial charge is 0.295 e. The summed E-state index contributed by atoms with van der Waals surface area (Å²) < 4.78 is 5.18. The number of likely N-dealkylation sites (tertiary alicyclic amines) is 1. The summed E-state index contributed by atoms with van der Waals surface area (Å²) in [5.74, 6) is -1.43. The number of ether oxygens (including phenoxy) is 1. The minimum atomic E-state index is -0.805. The minimum Gasteiger partial charge on any atom is -0.507 e. The number of hydrogen-bond donors (Lipinski definition) is 2. The molecule has 0 bridgehead atoms. The van der Waals surface area contributed by atoms with Crippen molar-refractivity contribution in [2.24, 2.45) is 0 Å². The maximum Gasteiger partial charge on any atom is 0.295 e. The van der Waals surface area contributed by atoms with Crippen LogP contribution in [0.2, 0.25) is 5.02 Å². The molecular weight excluding hydrogens is 408 g/mol. The van der Waals surface area contributed by atoms with E-state index in [-0.39, 0.29) is 30.3 Å². The van der Waals surface area contributed by atoms with Crippen LogP contribution in [-0.2, 0) is 14.4 Å². The van der Waals surface area contributed by atoms with E-state index in [9.17, 15) is 19.5 Å². The lowest BCUT2D eigenvalue weighted by Crippen LogP contribution is -2.37. The summed E-state index contributed by atoms with van der Waals surface area (Å²) in [5, 5.41) is 14.0. The number of Topliss-reactive ketones (excluding diaryl/α,β-unsaturated/α-hetero) is 1. The molecule has 1 heterocycles. The van der Waals surface area contributed by atoms with Crippen LogP contribution in [0.3, 0.4) is 0 Å². The number of amides is 2. The number of nitrogens with one attached hydrogen (secondary N) is 1. The highest BCUT2D eigenvalue weighted by molar-refractivity contribution is 6.46. The van der Waals surface area contributed by atoms with Gasteiger partial charge >= 0.3 is 0 Å². The zero-order valence-corrected chi connectivity index (χ0v) is 17.3. The van der Waals surface area contributed by atoms with Gasteiger partial charge in [0.15, 0.2) is 0 Å². The van der Waals surface area contributed by atoms with Crippen molar-refractivity contribution in [3.63, 3.8) is 0 Å². The number of carbonyl (C=O) groups is 3. The van der Waals surface area contributed by atoms with E-state index in [0.29, 0.717) is 21.9 Å². The Morgan fingerprint density at radius 3 is 2.33 bits per heavy atom. The Balaban J connectivity index is 2.08. The molecule has 1 fully saturated rings. The van der Waals surface area contributed by atoms with Gasteiger partial charge in [-0.3, -0.25) is 14.4 Å². The zero-order chi connectivity index (χ0) is 21.8. The van der Waals surface area contributed by atoms with Crippen LogP contribution in [0, 0.1) is 0 Å². The number of nitrogens with zero attached hydrogens (tertiary/aromatic N) is 1. The van der Waals surface area contributed by atoms with Gasteiger partial charge in [-0.25, -0.2) is 0 Å². The molecule has 156 valence electrons. The van der Waals surface area contributed by atoms with Gasteiger partial charge in [-0.05, 0) is 42.0 Å². The second-order valence-electron chi connectivity index (χ2n) is 6.76. The standard InChI is InChI=1S/C22H21ClN2O5/c1-13(26)24-11-12-25-19(14-5-9-17(30-2)10-6-14)18(21(28)22(25)29)20(27)15-3-7-16(23)8-4-15/h3-10,19,27H,11-12H2,1-2H3,(H,24,26)/t19-/m0/s1. The fourth-order valence-corrected chi connectivity index (χ4v) is 3.49. The topological polar surface area (TPSA) is 95.9 Å². The van der Waals surface area contributed by atoms with Crippen LogP contribution in [0.1, 0.15) is 24.1 Å². The van der Waals surface area contributed by atoms with Gasteiger partial charge in [0, 0.05) is 30.6 Å². The normalized spacial score (nSPS) is 17.8. The molecule has 0 saturated carbocycles. The number of ketones is 1. The molecule has 1 atom stereocenters. The molecular formula is C22H21ClN2O5. The number of methoxy groups -OCH3 is 1. The number of halogens is 1. The van der Waals surface area contributed by atoms with Crippen molar-refractivity contribution >= 4 is 35.0 Å². The molecule has 8 heteroatoms.